The van der Waals surface area contributed by atoms with Gasteiger partial charge in [0.1, 0.15) is 12.5 Å². The van der Waals surface area contributed by atoms with Crippen molar-refractivity contribution in [3.05, 3.63) is 59.2 Å². The number of aryl methyl sites for hydroxylation is 2. The fraction of sp³-hybridized carbons (Fsp3) is 0.440. The zero-order valence-corrected chi connectivity index (χ0v) is 19.2. The van der Waals surface area contributed by atoms with Crippen LogP contribution in [0.3, 0.4) is 0 Å². The van der Waals surface area contributed by atoms with Gasteiger partial charge in [-0.3, -0.25) is 19.4 Å². The Morgan fingerprint density at radius 1 is 1.03 bits per heavy atom. The number of ether oxygens (including phenoxy) is 1. The molecule has 0 aliphatic carbocycles. The molecule has 1 fully saturated rings. The normalized spacial score (nSPS) is 14.4. The summed E-state index contributed by atoms with van der Waals surface area (Å²) in [5, 5.41) is 9.42. The van der Waals surface area contributed by atoms with Gasteiger partial charge in [-0.15, -0.1) is 0 Å². The van der Waals surface area contributed by atoms with E-state index in [9.17, 15) is 14.7 Å². The summed E-state index contributed by atoms with van der Waals surface area (Å²) < 4.78 is 5.64. The number of nitrogens with zero attached hydrogens (tertiary/aromatic N) is 3. The van der Waals surface area contributed by atoms with Crippen LogP contribution in [0.1, 0.15) is 35.3 Å². The van der Waals surface area contributed by atoms with E-state index < -0.39 is 0 Å². The first-order chi connectivity index (χ1) is 15.4. The van der Waals surface area contributed by atoms with E-state index in [1.54, 1.807) is 21.9 Å². The molecule has 0 bridgehead atoms. The van der Waals surface area contributed by atoms with Crippen molar-refractivity contribution in [2.24, 2.45) is 0 Å². The second-order valence-electron chi connectivity index (χ2n) is 8.00. The third kappa shape index (κ3) is 5.66. The fourth-order valence-electron chi connectivity index (χ4n) is 4.01. The zero-order valence-electron chi connectivity index (χ0n) is 19.2. The van der Waals surface area contributed by atoms with Crippen molar-refractivity contribution in [2.45, 2.75) is 27.2 Å². The first-order valence-electron chi connectivity index (χ1n) is 11.2. The Labute approximate surface area is 190 Å². The quantitative estimate of drug-likeness (QED) is 0.640. The van der Waals surface area contributed by atoms with Crippen molar-refractivity contribution >= 4 is 17.5 Å². The Morgan fingerprint density at radius 2 is 1.72 bits per heavy atom. The number of carbonyl (C=O) groups excluding carboxylic acids is 2. The molecule has 7 nitrogen and oxygen atoms in total. The molecule has 0 atom stereocenters. The highest BCUT2D eigenvalue weighted by atomic mass is 16.5. The molecule has 1 N–H and O–H groups in total. The molecule has 0 saturated carbocycles. The summed E-state index contributed by atoms with van der Waals surface area (Å²) in [6.07, 6.45) is 0.838. The van der Waals surface area contributed by atoms with E-state index in [1.165, 1.54) is 12.1 Å². The van der Waals surface area contributed by atoms with Crippen LogP contribution in [-0.2, 0) is 16.0 Å². The predicted molar refractivity (Wildman–Crippen MR) is 125 cm³/mol. The van der Waals surface area contributed by atoms with Crippen LogP contribution >= 0.6 is 0 Å². The van der Waals surface area contributed by atoms with Crippen molar-refractivity contribution in [3.63, 3.8) is 0 Å². The maximum Gasteiger partial charge on any atom is 0.253 e. The van der Waals surface area contributed by atoms with Crippen molar-refractivity contribution in [1.29, 1.82) is 0 Å². The average Bonchev–Trinajstić information content (AvgIpc) is 2.80. The van der Waals surface area contributed by atoms with E-state index in [0.29, 0.717) is 38.3 Å². The van der Waals surface area contributed by atoms with Crippen LogP contribution in [0.25, 0.3) is 0 Å². The Kier molecular flexibility index (Phi) is 8.25. The van der Waals surface area contributed by atoms with Gasteiger partial charge in [0.05, 0.1) is 12.2 Å². The van der Waals surface area contributed by atoms with Crippen LogP contribution in [0.2, 0.25) is 0 Å². The van der Waals surface area contributed by atoms with E-state index in [2.05, 4.69) is 17.9 Å². The maximum atomic E-state index is 13.3. The molecule has 2 aromatic rings. The van der Waals surface area contributed by atoms with Crippen LogP contribution in [-0.4, -0.2) is 72.8 Å². The van der Waals surface area contributed by atoms with Gasteiger partial charge < -0.3 is 14.7 Å². The Morgan fingerprint density at radius 3 is 2.34 bits per heavy atom. The van der Waals surface area contributed by atoms with E-state index in [1.807, 2.05) is 26.0 Å². The molecule has 0 radical (unpaired) electrons. The minimum Gasteiger partial charge on any atom is -0.508 e. The monoisotopic (exact) mass is 439 g/mol. The topological polar surface area (TPSA) is 73.3 Å². The molecule has 1 saturated heterocycles. The summed E-state index contributed by atoms with van der Waals surface area (Å²) in [6.45, 7) is 9.46. The van der Waals surface area contributed by atoms with E-state index in [4.69, 9.17) is 4.74 Å². The molecule has 1 aliphatic heterocycles. The lowest BCUT2D eigenvalue weighted by Crippen LogP contribution is -2.52. The molecular weight excluding hydrogens is 406 g/mol. The Balaban J connectivity index is 1.64. The highest BCUT2D eigenvalue weighted by molar-refractivity contribution is 5.96. The number of rotatable bonds is 8. The highest BCUT2D eigenvalue weighted by Gasteiger charge is 2.26. The van der Waals surface area contributed by atoms with Gasteiger partial charge in [-0.25, -0.2) is 0 Å². The third-order valence-corrected chi connectivity index (χ3v) is 5.83. The molecule has 172 valence electrons. The maximum absolute atomic E-state index is 13.3. The minimum absolute atomic E-state index is 0.000705. The van der Waals surface area contributed by atoms with Gasteiger partial charge in [0.25, 0.3) is 5.91 Å². The molecule has 0 spiro atoms. The van der Waals surface area contributed by atoms with Crippen LogP contribution in [0, 0.1) is 6.92 Å². The second kappa shape index (κ2) is 11.1. The molecule has 7 heteroatoms. The number of piperazine rings is 1. The summed E-state index contributed by atoms with van der Waals surface area (Å²) in [4.78, 5) is 31.6. The minimum atomic E-state index is -0.0542. The van der Waals surface area contributed by atoms with Crippen molar-refractivity contribution in [3.8, 4) is 5.75 Å². The highest BCUT2D eigenvalue weighted by Crippen LogP contribution is 2.26. The average molecular weight is 440 g/mol. The van der Waals surface area contributed by atoms with Crippen molar-refractivity contribution in [2.75, 3.05) is 51.0 Å². The standard InChI is InChI=1S/C25H33N3O4/c1-4-20-8-6-7-19(3)24(20)28(18-32-5-2)23(30)17-26-13-15-27(16-14-26)25(31)21-9-11-22(29)12-10-21/h6-12,29H,4-5,13-18H2,1-3H3. The van der Waals surface area contributed by atoms with Gasteiger partial charge in [0.15, 0.2) is 0 Å². The molecule has 3 rings (SSSR count). The zero-order chi connectivity index (χ0) is 23.1. The molecule has 32 heavy (non-hydrogen) atoms. The number of hydrogen-bond acceptors (Lipinski definition) is 5. The number of phenolic OH excluding ortho intramolecular Hbond substituents is 1. The largest absolute Gasteiger partial charge is 0.508 e. The number of para-hydroxylation sites is 1. The van der Waals surface area contributed by atoms with Gasteiger partial charge in [-0.05, 0) is 55.7 Å². The fourth-order valence-corrected chi connectivity index (χ4v) is 4.01. The van der Waals surface area contributed by atoms with Gasteiger partial charge in [-0.1, -0.05) is 25.1 Å². The first-order valence-corrected chi connectivity index (χ1v) is 11.2. The van der Waals surface area contributed by atoms with Gasteiger partial charge in [0.2, 0.25) is 5.91 Å². The van der Waals surface area contributed by atoms with E-state index in [-0.39, 0.29) is 30.8 Å². The van der Waals surface area contributed by atoms with Gasteiger partial charge >= 0.3 is 0 Å². The van der Waals surface area contributed by atoms with Crippen LogP contribution < -0.4 is 4.90 Å². The lowest BCUT2D eigenvalue weighted by atomic mass is 10.0. The van der Waals surface area contributed by atoms with E-state index >= 15 is 0 Å². The Hall–Kier alpha value is -2.90. The lowest BCUT2D eigenvalue weighted by molar-refractivity contribution is -0.121. The second-order valence-corrected chi connectivity index (χ2v) is 8.00. The molecule has 2 aromatic carbocycles. The summed E-state index contributed by atoms with van der Waals surface area (Å²) in [5.41, 5.74) is 3.68. The lowest BCUT2D eigenvalue weighted by Gasteiger charge is -2.36. The smallest absolute Gasteiger partial charge is 0.253 e. The van der Waals surface area contributed by atoms with Crippen LogP contribution in [0.15, 0.2) is 42.5 Å². The SMILES string of the molecule is CCOCN(C(=O)CN1CCN(C(=O)c2ccc(O)cc2)CC1)c1c(C)cccc1CC. The summed E-state index contributed by atoms with van der Waals surface area (Å²) in [6, 6.07) is 12.4. The molecule has 0 unspecified atom stereocenters. The van der Waals surface area contributed by atoms with Crippen molar-refractivity contribution < 1.29 is 19.4 Å². The third-order valence-electron chi connectivity index (χ3n) is 5.83. The van der Waals surface area contributed by atoms with E-state index in [0.717, 1.165) is 23.2 Å². The van der Waals surface area contributed by atoms with Crippen LogP contribution in [0.5, 0.6) is 5.75 Å². The number of phenols is 1. The number of anilines is 1. The molecule has 1 aliphatic rings. The van der Waals surface area contributed by atoms with Crippen molar-refractivity contribution in [1.82, 2.24) is 9.80 Å². The molecular formula is C25H33N3O4. The summed E-state index contributed by atoms with van der Waals surface area (Å²) in [7, 11) is 0. The van der Waals surface area contributed by atoms with Crippen LogP contribution in [0.4, 0.5) is 5.69 Å². The van der Waals surface area contributed by atoms with Gasteiger partial charge in [-0.2, -0.15) is 0 Å². The first kappa shape index (κ1) is 23.8. The number of aromatic hydroxyl groups is 1. The number of hydrogen-bond donors (Lipinski definition) is 1. The number of amides is 2. The molecule has 1 heterocycles. The molecule has 0 aromatic heterocycles. The summed E-state index contributed by atoms with van der Waals surface area (Å²) >= 11 is 0. The predicted octanol–water partition coefficient (Wildman–Crippen LogP) is 3.05. The molecule has 2 amide bonds. The number of benzene rings is 2. The Bertz CT molecular complexity index is 921. The summed E-state index contributed by atoms with van der Waals surface area (Å²) in [5.74, 6) is 0.0866. The van der Waals surface area contributed by atoms with Gasteiger partial charge in [0, 0.05) is 38.3 Å². The number of carbonyl (C=O) groups is 2.